The van der Waals surface area contributed by atoms with E-state index < -0.39 is 5.79 Å². The third-order valence-electron chi connectivity index (χ3n) is 4.12. The smallest absolute Gasteiger partial charge is 0.219 e. The Morgan fingerprint density at radius 2 is 2.04 bits per heavy atom. The molecule has 7 heteroatoms. The van der Waals surface area contributed by atoms with Gasteiger partial charge in [-0.1, -0.05) is 23.7 Å². The number of para-hydroxylation sites is 1. The molecular formula is C19H18ClN3O3. The highest BCUT2D eigenvalue weighted by Crippen LogP contribution is 2.41. The first-order chi connectivity index (χ1) is 12.6. The van der Waals surface area contributed by atoms with Crippen LogP contribution in [0.1, 0.15) is 12.5 Å². The Labute approximate surface area is 156 Å². The van der Waals surface area contributed by atoms with Gasteiger partial charge in [-0.25, -0.2) is 9.67 Å². The predicted molar refractivity (Wildman–Crippen MR) is 96.2 cm³/mol. The topological polar surface area (TPSA) is 58.4 Å². The molecule has 1 saturated heterocycles. The number of aromatic nitrogens is 3. The third-order valence-corrected chi connectivity index (χ3v) is 4.37. The minimum atomic E-state index is -0.990. The average Bonchev–Trinajstić information content (AvgIpc) is 3.28. The summed E-state index contributed by atoms with van der Waals surface area (Å²) in [4.78, 5) is 4.00. The zero-order valence-electron chi connectivity index (χ0n) is 14.2. The maximum absolute atomic E-state index is 6.19. The highest BCUT2D eigenvalue weighted by atomic mass is 35.5. The van der Waals surface area contributed by atoms with E-state index >= 15 is 0 Å². The highest BCUT2D eigenvalue weighted by molar-refractivity contribution is 6.30. The average molecular weight is 372 g/mol. The molecule has 2 heterocycles. The van der Waals surface area contributed by atoms with Crippen LogP contribution < -0.4 is 4.74 Å². The van der Waals surface area contributed by atoms with Crippen molar-refractivity contribution < 1.29 is 14.2 Å². The summed E-state index contributed by atoms with van der Waals surface area (Å²) < 4.78 is 20.1. The van der Waals surface area contributed by atoms with Gasteiger partial charge in [0.15, 0.2) is 0 Å². The van der Waals surface area contributed by atoms with Gasteiger partial charge in [0, 0.05) is 5.02 Å². The van der Waals surface area contributed by atoms with Crippen molar-refractivity contribution >= 4 is 11.6 Å². The number of hydrogen-bond donors (Lipinski definition) is 0. The molecule has 4 rings (SSSR count). The van der Waals surface area contributed by atoms with E-state index in [1.807, 2.05) is 43.3 Å². The maximum atomic E-state index is 6.19. The van der Waals surface area contributed by atoms with E-state index in [-0.39, 0.29) is 6.10 Å². The summed E-state index contributed by atoms with van der Waals surface area (Å²) in [5, 5.41) is 4.85. The van der Waals surface area contributed by atoms with Gasteiger partial charge in [0.25, 0.3) is 0 Å². The van der Waals surface area contributed by atoms with E-state index in [0.717, 1.165) is 5.56 Å². The van der Waals surface area contributed by atoms with E-state index in [1.165, 1.54) is 6.33 Å². The molecule has 0 N–H and O–H groups in total. The molecule has 0 amide bonds. The Bertz CT molecular complexity index is 870. The largest absolute Gasteiger partial charge is 0.457 e. The van der Waals surface area contributed by atoms with Crippen LogP contribution in [0.5, 0.6) is 11.5 Å². The lowest BCUT2D eigenvalue weighted by Gasteiger charge is -2.29. The lowest BCUT2D eigenvalue weighted by Crippen LogP contribution is -2.34. The van der Waals surface area contributed by atoms with Crippen LogP contribution in [0.25, 0.3) is 0 Å². The Morgan fingerprint density at radius 1 is 1.23 bits per heavy atom. The summed E-state index contributed by atoms with van der Waals surface area (Å²) in [6, 6.07) is 14.9. The van der Waals surface area contributed by atoms with Crippen LogP contribution in [0.3, 0.4) is 0 Å². The van der Waals surface area contributed by atoms with E-state index in [9.17, 15) is 0 Å². The van der Waals surface area contributed by atoms with Crippen LogP contribution in [0.4, 0.5) is 0 Å². The molecule has 1 aliphatic rings. The van der Waals surface area contributed by atoms with Crippen molar-refractivity contribution in [1.82, 2.24) is 14.8 Å². The molecular weight excluding hydrogens is 354 g/mol. The number of ether oxygens (including phenoxy) is 3. The normalized spacial score (nSPS) is 22.5. The first-order valence-corrected chi connectivity index (χ1v) is 8.69. The molecule has 0 bridgehead atoms. The molecule has 3 aromatic rings. The van der Waals surface area contributed by atoms with Crippen LogP contribution in [-0.2, 0) is 21.8 Å². The quantitative estimate of drug-likeness (QED) is 0.678. The van der Waals surface area contributed by atoms with Crippen LogP contribution in [-0.4, -0.2) is 27.5 Å². The summed E-state index contributed by atoms with van der Waals surface area (Å²) in [5.74, 6) is 0.351. The second-order valence-electron chi connectivity index (χ2n) is 6.14. The van der Waals surface area contributed by atoms with Gasteiger partial charge < -0.3 is 14.2 Å². The van der Waals surface area contributed by atoms with Crippen molar-refractivity contribution in [3.63, 3.8) is 0 Å². The molecule has 0 spiro atoms. The predicted octanol–water partition coefficient (Wildman–Crippen LogP) is 4.01. The number of rotatable bonds is 5. The fourth-order valence-corrected chi connectivity index (χ4v) is 3.11. The standard InChI is InChI=1S/C19H18ClN3O3/c1-14-10-24-19(26-14,11-23-13-21-12-22-23)17-4-2-3-5-18(17)25-16-8-6-15(20)7-9-16/h2-9,12-14H,10-11H2,1H3. The number of benzene rings is 2. The molecule has 6 nitrogen and oxygen atoms in total. The minimum absolute atomic E-state index is 0.0397. The summed E-state index contributed by atoms with van der Waals surface area (Å²) in [7, 11) is 0. The fraction of sp³-hybridized carbons (Fsp3) is 0.263. The monoisotopic (exact) mass is 371 g/mol. The number of halogens is 1. The Hall–Kier alpha value is -2.41. The molecule has 1 aromatic heterocycles. The summed E-state index contributed by atoms with van der Waals surface area (Å²) in [6.07, 6.45) is 3.09. The van der Waals surface area contributed by atoms with Crippen molar-refractivity contribution in [2.24, 2.45) is 0 Å². The van der Waals surface area contributed by atoms with Crippen LogP contribution in [0.15, 0.2) is 61.2 Å². The third kappa shape index (κ3) is 3.44. The Balaban J connectivity index is 1.71. The van der Waals surface area contributed by atoms with Gasteiger partial charge in [-0.3, -0.25) is 0 Å². The first kappa shape index (κ1) is 17.0. The van der Waals surface area contributed by atoms with Gasteiger partial charge >= 0.3 is 0 Å². The molecule has 1 fully saturated rings. The van der Waals surface area contributed by atoms with E-state index in [1.54, 1.807) is 23.1 Å². The van der Waals surface area contributed by atoms with Crippen molar-refractivity contribution in [3.05, 3.63) is 71.8 Å². The molecule has 134 valence electrons. The zero-order chi connectivity index (χ0) is 18.0. The van der Waals surface area contributed by atoms with E-state index in [0.29, 0.717) is 29.7 Å². The zero-order valence-corrected chi connectivity index (χ0v) is 15.0. The molecule has 0 aliphatic carbocycles. The van der Waals surface area contributed by atoms with Gasteiger partial charge in [0.1, 0.15) is 30.7 Å². The molecule has 2 unspecified atom stereocenters. The van der Waals surface area contributed by atoms with Gasteiger partial charge in [0.05, 0.1) is 18.3 Å². The summed E-state index contributed by atoms with van der Waals surface area (Å²) in [6.45, 7) is 2.84. The van der Waals surface area contributed by atoms with Crippen molar-refractivity contribution in [1.29, 1.82) is 0 Å². The van der Waals surface area contributed by atoms with Gasteiger partial charge in [-0.2, -0.15) is 5.10 Å². The van der Waals surface area contributed by atoms with Crippen molar-refractivity contribution in [2.75, 3.05) is 6.61 Å². The second-order valence-corrected chi connectivity index (χ2v) is 6.57. The summed E-state index contributed by atoms with van der Waals surface area (Å²) >= 11 is 5.96. The molecule has 2 aromatic carbocycles. The van der Waals surface area contributed by atoms with Crippen LogP contribution >= 0.6 is 11.6 Å². The SMILES string of the molecule is CC1COC(Cn2cncn2)(c2ccccc2Oc2ccc(Cl)cc2)O1. The molecule has 1 aliphatic heterocycles. The second kappa shape index (κ2) is 7.07. The first-order valence-electron chi connectivity index (χ1n) is 8.32. The van der Waals surface area contributed by atoms with Gasteiger partial charge in [0.2, 0.25) is 5.79 Å². The minimum Gasteiger partial charge on any atom is -0.457 e. The Kier molecular flexibility index (Phi) is 4.63. The molecule has 0 radical (unpaired) electrons. The molecule has 26 heavy (non-hydrogen) atoms. The fourth-order valence-electron chi connectivity index (χ4n) is 2.98. The van der Waals surface area contributed by atoms with Crippen molar-refractivity contribution in [2.45, 2.75) is 25.4 Å². The van der Waals surface area contributed by atoms with Gasteiger partial charge in [-0.05, 0) is 43.3 Å². The maximum Gasteiger partial charge on any atom is 0.219 e. The Morgan fingerprint density at radius 3 is 2.73 bits per heavy atom. The van der Waals surface area contributed by atoms with Crippen LogP contribution in [0.2, 0.25) is 5.02 Å². The highest BCUT2D eigenvalue weighted by Gasteiger charge is 2.44. The van der Waals surface area contributed by atoms with E-state index in [2.05, 4.69) is 10.1 Å². The summed E-state index contributed by atoms with van der Waals surface area (Å²) in [5.41, 5.74) is 0.801. The van der Waals surface area contributed by atoms with Gasteiger partial charge in [-0.15, -0.1) is 0 Å². The molecule has 0 saturated carbocycles. The number of nitrogens with zero attached hydrogens (tertiary/aromatic N) is 3. The van der Waals surface area contributed by atoms with Crippen molar-refractivity contribution in [3.8, 4) is 11.5 Å². The lowest BCUT2D eigenvalue weighted by atomic mass is 10.0. The van der Waals surface area contributed by atoms with Crippen LogP contribution in [0, 0.1) is 0 Å². The molecule has 2 atom stereocenters. The van der Waals surface area contributed by atoms with E-state index in [4.69, 9.17) is 25.8 Å². The number of hydrogen-bond acceptors (Lipinski definition) is 5. The lowest BCUT2D eigenvalue weighted by molar-refractivity contribution is -0.187.